The van der Waals surface area contributed by atoms with E-state index in [1.165, 1.54) is 0 Å². The van der Waals surface area contributed by atoms with E-state index in [0.717, 1.165) is 0 Å². The van der Waals surface area contributed by atoms with Crippen molar-refractivity contribution in [3.8, 4) is 0 Å². The summed E-state index contributed by atoms with van der Waals surface area (Å²) < 4.78 is 15.4. The van der Waals surface area contributed by atoms with Gasteiger partial charge in [0.15, 0.2) is 5.82 Å². The lowest BCUT2D eigenvalue weighted by Crippen LogP contribution is -2.09. The molecule has 0 saturated carbocycles. The summed E-state index contributed by atoms with van der Waals surface area (Å²) in [5.74, 6) is 0.633. The minimum Gasteiger partial charge on any atom is -0.374 e. The summed E-state index contributed by atoms with van der Waals surface area (Å²) in [6, 6.07) is 1.76. The van der Waals surface area contributed by atoms with E-state index < -0.39 is 6.29 Å². The Hall–Kier alpha value is -1.04. The molecule has 84 valence electrons. The van der Waals surface area contributed by atoms with Crippen LogP contribution in [0.4, 0.5) is 0 Å². The molecule has 0 radical (unpaired) electrons. The highest BCUT2D eigenvalue weighted by molar-refractivity contribution is 5.03. The topological polar surface area (TPSA) is 53.5 Å². The lowest BCUT2D eigenvalue weighted by molar-refractivity contribution is -0.108. The number of ether oxygens (including phenoxy) is 3. The van der Waals surface area contributed by atoms with Crippen molar-refractivity contribution in [1.29, 1.82) is 0 Å². The van der Waals surface area contributed by atoms with Gasteiger partial charge in [0.2, 0.25) is 6.29 Å². The second kappa shape index (κ2) is 6.44. The number of hydrogen-bond acceptors (Lipinski definition) is 5. The van der Waals surface area contributed by atoms with E-state index in [2.05, 4.69) is 9.97 Å². The molecule has 5 nitrogen and oxygen atoms in total. The molecular weight excluding hydrogens is 196 g/mol. The molecule has 0 spiro atoms. The van der Waals surface area contributed by atoms with E-state index >= 15 is 0 Å². The first kappa shape index (κ1) is 12.0. The molecule has 0 aromatic carbocycles. The zero-order chi connectivity index (χ0) is 11.1. The van der Waals surface area contributed by atoms with Gasteiger partial charge in [-0.25, -0.2) is 9.97 Å². The first-order valence-corrected chi connectivity index (χ1v) is 4.77. The maximum absolute atomic E-state index is 5.21. The molecule has 1 rings (SSSR count). The molecule has 0 fully saturated rings. The molecular formula is C10H16N2O3. The summed E-state index contributed by atoms with van der Waals surface area (Å²) in [7, 11) is 3.14. The van der Waals surface area contributed by atoms with Crippen molar-refractivity contribution in [3.63, 3.8) is 0 Å². The lowest BCUT2D eigenvalue weighted by Gasteiger charge is -2.12. The molecule has 0 aliphatic heterocycles. The minimum atomic E-state index is -0.451. The molecule has 5 heteroatoms. The molecule has 0 amide bonds. The maximum atomic E-state index is 5.21. The Labute approximate surface area is 89.4 Å². The standard InChI is InChI=1S/C10H16N2O3/c1-4-15-7-9-11-6-5-8(12-9)10(13-2)14-3/h5-6,10H,4,7H2,1-3H3. The maximum Gasteiger partial charge on any atom is 0.200 e. The number of rotatable bonds is 6. The van der Waals surface area contributed by atoms with Crippen molar-refractivity contribution in [1.82, 2.24) is 9.97 Å². The molecule has 0 atom stereocenters. The molecule has 0 N–H and O–H groups in total. The van der Waals surface area contributed by atoms with Crippen LogP contribution in [0.3, 0.4) is 0 Å². The largest absolute Gasteiger partial charge is 0.374 e. The summed E-state index contributed by atoms with van der Waals surface area (Å²) in [6.07, 6.45) is 1.22. The van der Waals surface area contributed by atoms with Crippen LogP contribution < -0.4 is 0 Å². The zero-order valence-corrected chi connectivity index (χ0v) is 9.27. The Bertz CT molecular complexity index is 290. The Morgan fingerprint density at radius 2 is 2.07 bits per heavy atom. The molecule has 1 aromatic heterocycles. The van der Waals surface area contributed by atoms with Gasteiger partial charge in [-0.15, -0.1) is 0 Å². The fraction of sp³-hybridized carbons (Fsp3) is 0.600. The van der Waals surface area contributed by atoms with Crippen molar-refractivity contribution in [2.75, 3.05) is 20.8 Å². The second-order valence-electron chi connectivity index (χ2n) is 2.84. The SMILES string of the molecule is CCOCc1nccc(C(OC)OC)n1. The van der Waals surface area contributed by atoms with Crippen molar-refractivity contribution in [2.45, 2.75) is 19.8 Å². The van der Waals surface area contributed by atoms with Crippen molar-refractivity contribution >= 4 is 0 Å². The normalized spacial score (nSPS) is 10.9. The van der Waals surface area contributed by atoms with Crippen LogP contribution in [-0.2, 0) is 20.8 Å². The Balaban J connectivity index is 2.72. The summed E-state index contributed by atoms with van der Waals surface area (Å²) in [6.45, 7) is 2.98. The van der Waals surface area contributed by atoms with E-state index in [9.17, 15) is 0 Å². The number of nitrogens with zero attached hydrogens (tertiary/aromatic N) is 2. The van der Waals surface area contributed by atoms with Gasteiger partial charge in [0, 0.05) is 27.0 Å². The first-order chi connectivity index (χ1) is 7.31. The molecule has 15 heavy (non-hydrogen) atoms. The Morgan fingerprint density at radius 1 is 1.33 bits per heavy atom. The van der Waals surface area contributed by atoms with E-state index in [4.69, 9.17) is 14.2 Å². The molecule has 0 aliphatic rings. The molecule has 0 aliphatic carbocycles. The second-order valence-corrected chi connectivity index (χ2v) is 2.84. The third-order valence-electron chi connectivity index (χ3n) is 1.83. The number of methoxy groups -OCH3 is 2. The molecule has 0 unspecified atom stereocenters. The first-order valence-electron chi connectivity index (χ1n) is 4.77. The third-order valence-corrected chi connectivity index (χ3v) is 1.83. The number of hydrogen-bond donors (Lipinski definition) is 0. The van der Waals surface area contributed by atoms with Crippen molar-refractivity contribution < 1.29 is 14.2 Å². The molecule has 1 heterocycles. The lowest BCUT2D eigenvalue weighted by atomic mass is 10.4. The van der Waals surface area contributed by atoms with Crippen LogP contribution >= 0.6 is 0 Å². The Morgan fingerprint density at radius 3 is 2.67 bits per heavy atom. The summed E-state index contributed by atoms with van der Waals surface area (Å²) >= 11 is 0. The minimum absolute atomic E-state index is 0.407. The van der Waals surface area contributed by atoms with Gasteiger partial charge < -0.3 is 14.2 Å². The van der Waals surface area contributed by atoms with Crippen molar-refractivity contribution in [3.05, 3.63) is 23.8 Å². The average molecular weight is 212 g/mol. The van der Waals surface area contributed by atoms with Crippen LogP contribution in [-0.4, -0.2) is 30.8 Å². The predicted octanol–water partition coefficient (Wildman–Crippen LogP) is 1.30. The fourth-order valence-electron chi connectivity index (χ4n) is 1.15. The summed E-state index contributed by atoms with van der Waals surface area (Å²) in [5, 5.41) is 0. The Kier molecular flexibility index (Phi) is 5.17. The van der Waals surface area contributed by atoms with Crippen LogP contribution in [0.15, 0.2) is 12.3 Å². The predicted molar refractivity (Wildman–Crippen MR) is 54.1 cm³/mol. The van der Waals surface area contributed by atoms with Gasteiger partial charge in [-0.1, -0.05) is 0 Å². The van der Waals surface area contributed by atoms with Gasteiger partial charge >= 0.3 is 0 Å². The van der Waals surface area contributed by atoms with E-state index in [1.54, 1.807) is 26.5 Å². The van der Waals surface area contributed by atoms with Gasteiger partial charge in [0.25, 0.3) is 0 Å². The number of aromatic nitrogens is 2. The van der Waals surface area contributed by atoms with Gasteiger partial charge in [-0.3, -0.25) is 0 Å². The van der Waals surface area contributed by atoms with Gasteiger partial charge in [0.1, 0.15) is 12.3 Å². The van der Waals surface area contributed by atoms with E-state index in [-0.39, 0.29) is 0 Å². The quantitative estimate of drug-likeness (QED) is 0.665. The van der Waals surface area contributed by atoms with Crippen molar-refractivity contribution in [2.24, 2.45) is 0 Å². The third kappa shape index (κ3) is 3.54. The molecule has 0 bridgehead atoms. The van der Waals surface area contributed by atoms with Gasteiger partial charge in [-0.05, 0) is 13.0 Å². The van der Waals surface area contributed by atoms with Crippen LogP contribution in [0.25, 0.3) is 0 Å². The van der Waals surface area contributed by atoms with Crippen LogP contribution in [0.1, 0.15) is 24.7 Å². The van der Waals surface area contributed by atoms with Crippen LogP contribution in [0, 0.1) is 0 Å². The monoisotopic (exact) mass is 212 g/mol. The van der Waals surface area contributed by atoms with E-state index in [0.29, 0.717) is 24.7 Å². The van der Waals surface area contributed by atoms with E-state index in [1.807, 2.05) is 6.92 Å². The molecule has 0 saturated heterocycles. The zero-order valence-electron chi connectivity index (χ0n) is 9.27. The fourth-order valence-corrected chi connectivity index (χ4v) is 1.15. The van der Waals surface area contributed by atoms with Crippen LogP contribution in [0.5, 0.6) is 0 Å². The highest BCUT2D eigenvalue weighted by Crippen LogP contribution is 2.13. The highest BCUT2D eigenvalue weighted by Gasteiger charge is 2.11. The summed E-state index contributed by atoms with van der Waals surface area (Å²) in [4.78, 5) is 8.35. The highest BCUT2D eigenvalue weighted by atomic mass is 16.7. The van der Waals surface area contributed by atoms with Crippen LogP contribution in [0.2, 0.25) is 0 Å². The van der Waals surface area contributed by atoms with Gasteiger partial charge in [-0.2, -0.15) is 0 Å². The smallest absolute Gasteiger partial charge is 0.200 e. The molecule has 1 aromatic rings. The average Bonchev–Trinajstić information content (AvgIpc) is 2.29. The summed E-state index contributed by atoms with van der Waals surface area (Å²) in [5.41, 5.74) is 0.699. The van der Waals surface area contributed by atoms with Gasteiger partial charge in [0.05, 0.1) is 0 Å².